The van der Waals surface area contributed by atoms with Crippen molar-refractivity contribution in [3.63, 3.8) is 0 Å². The van der Waals surface area contributed by atoms with Crippen LogP contribution in [-0.4, -0.2) is 38.0 Å². The first kappa shape index (κ1) is 15.2. The molecule has 6 heteroatoms. The molecule has 0 unspecified atom stereocenters. The van der Waals surface area contributed by atoms with Gasteiger partial charge in [-0.3, -0.25) is 0 Å². The van der Waals surface area contributed by atoms with Crippen LogP contribution in [0.3, 0.4) is 0 Å². The van der Waals surface area contributed by atoms with Gasteiger partial charge >= 0.3 is 0 Å². The summed E-state index contributed by atoms with van der Waals surface area (Å²) in [6, 6.07) is 11.9. The molecule has 0 aliphatic carbocycles. The molecule has 0 amide bonds. The van der Waals surface area contributed by atoms with Crippen molar-refractivity contribution in [2.45, 2.75) is 13.8 Å². The largest absolute Gasteiger partial charge is 0.395 e. The summed E-state index contributed by atoms with van der Waals surface area (Å²) < 4.78 is 1.92. The average molecular weight is 309 g/mol. The van der Waals surface area contributed by atoms with Crippen LogP contribution in [0, 0.1) is 13.8 Å². The van der Waals surface area contributed by atoms with E-state index in [1.807, 2.05) is 54.9 Å². The molecule has 2 N–H and O–H groups in total. The molecule has 118 valence electrons. The van der Waals surface area contributed by atoms with E-state index in [-0.39, 0.29) is 6.61 Å². The minimum absolute atomic E-state index is 0.0393. The SMILES string of the molecule is Cc1nn(-c2ccccc2)c(C)c1-c1ccnc(NCCO)n1. The smallest absolute Gasteiger partial charge is 0.223 e. The Balaban J connectivity index is 2.02. The van der Waals surface area contributed by atoms with Crippen molar-refractivity contribution in [3.05, 3.63) is 54.0 Å². The summed E-state index contributed by atoms with van der Waals surface area (Å²) in [5, 5.41) is 16.5. The summed E-state index contributed by atoms with van der Waals surface area (Å²) in [6.07, 6.45) is 1.71. The third kappa shape index (κ3) is 3.07. The third-order valence-corrected chi connectivity index (χ3v) is 3.60. The molecule has 0 saturated heterocycles. The molecule has 2 heterocycles. The van der Waals surface area contributed by atoms with Crippen LogP contribution in [0.25, 0.3) is 16.9 Å². The summed E-state index contributed by atoms with van der Waals surface area (Å²) in [5.41, 5.74) is 4.78. The molecule has 3 aromatic rings. The van der Waals surface area contributed by atoms with E-state index in [1.54, 1.807) is 6.20 Å². The molecule has 0 saturated carbocycles. The number of hydrogen-bond acceptors (Lipinski definition) is 5. The lowest BCUT2D eigenvalue weighted by Gasteiger charge is -2.07. The molecule has 6 nitrogen and oxygen atoms in total. The summed E-state index contributed by atoms with van der Waals surface area (Å²) in [7, 11) is 0. The van der Waals surface area contributed by atoms with E-state index in [0.717, 1.165) is 28.3 Å². The van der Waals surface area contributed by atoms with Crippen LogP contribution in [-0.2, 0) is 0 Å². The van der Waals surface area contributed by atoms with Gasteiger partial charge in [-0.2, -0.15) is 5.10 Å². The number of aryl methyl sites for hydroxylation is 1. The van der Waals surface area contributed by atoms with Crippen LogP contribution < -0.4 is 5.32 Å². The number of anilines is 1. The van der Waals surface area contributed by atoms with Gasteiger partial charge in [0.1, 0.15) is 0 Å². The Morgan fingerprint density at radius 3 is 2.65 bits per heavy atom. The lowest BCUT2D eigenvalue weighted by atomic mass is 10.1. The van der Waals surface area contributed by atoms with Gasteiger partial charge < -0.3 is 10.4 Å². The van der Waals surface area contributed by atoms with Crippen molar-refractivity contribution in [1.29, 1.82) is 0 Å². The first-order valence-electron chi connectivity index (χ1n) is 7.50. The number of benzene rings is 1. The summed E-state index contributed by atoms with van der Waals surface area (Å²) in [6.45, 7) is 4.47. The molecule has 0 aliphatic rings. The van der Waals surface area contributed by atoms with Crippen LogP contribution in [0.2, 0.25) is 0 Å². The maximum Gasteiger partial charge on any atom is 0.223 e. The summed E-state index contributed by atoms with van der Waals surface area (Å²) >= 11 is 0. The van der Waals surface area contributed by atoms with E-state index in [4.69, 9.17) is 5.11 Å². The Morgan fingerprint density at radius 1 is 1.13 bits per heavy atom. The Kier molecular flexibility index (Phi) is 4.34. The second-order valence-corrected chi connectivity index (χ2v) is 5.21. The first-order valence-corrected chi connectivity index (χ1v) is 7.50. The van der Waals surface area contributed by atoms with E-state index >= 15 is 0 Å². The van der Waals surface area contributed by atoms with Gasteiger partial charge in [0.25, 0.3) is 0 Å². The summed E-state index contributed by atoms with van der Waals surface area (Å²) in [5.74, 6) is 0.503. The van der Waals surface area contributed by atoms with Crippen molar-refractivity contribution in [3.8, 4) is 16.9 Å². The molecule has 0 aliphatic heterocycles. The van der Waals surface area contributed by atoms with Gasteiger partial charge in [-0.1, -0.05) is 18.2 Å². The zero-order valence-corrected chi connectivity index (χ0v) is 13.2. The second kappa shape index (κ2) is 6.58. The van der Waals surface area contributed by atoms with Gasteiger partial charge in [-0.05, 0) is 32.0 Å². The molecule has 0 radical (unpaired) electrons. The van der Waals surface area contributed by atoms with Gasteiger partial charge in [0, 0.05) is 18.3 Å². The zero-order chi connectivity index (χ0) is 16.2. The van der Waals surface area contributed by atoms with Crippen molar-refractivity contribution in [1.82, 2.24) is 19.7 Å². The summed E-state index contributed by atoms with van der Waals surface area (Å²) in [4.78, 5) is 8.69. The third-order valence-electron chi connectivity index (χ3n) is 3.60. The molecule has 0 atom stereocenters. The van der Waals surface area contributed by atoms with Crippen molar-refractivity contribution in [2.75, 3.05) is 18.5 Å². The molecule has 2 aromatic heterocycles. The van der Waals surface area contributed by atoms with Gasteiger partial charge in [0.2, 0.25) is 5.95 Å². The quantitative estimate of drug-likeness (QED) is 0.756. The van der Waals surface area contributed by atoms with Gasteiger partial charge in [0.15, 0.2) is 0 Å². The molecular weight excluding hydrogens is 290 g/mol. The lowest BCUT2D eigenvalue weighted by Crippen LogP contribution is -2.08. The normalized spacial score (nSPS) is 10.7. The minimum atomic E-state index is 0.0393. The number of rotatable bonds is 5. The van der Waals surface area contributed by atoms with Crippen molar-refractivity contribution >= 4 is 5.95 Å². The van der Waals surface area contributed by atoms with E-state index in [9.17, 15) is 0 Å². The lowest BCUT2D eigenvalue weighted by molar-refractivity contribution is 0.311. The fourth-order valence-corrected chi connectivity index (χ4v) is 2.58. The second-order valence-electron chi connectivity index (χ2n) is 5.21. The van der Waals surface area contributed by atoms with Crippen LogP contribution in [0.4, 0.5) is 5.95 Å². The molecule has 3 rings (SSSR count). The fourth-order valence-electron chi connectivity index (χ4n) is 2.58. The maximum absolute atomic E-state index is 8.90. The number of aliphatic hydroxyl groups excluding tert-OH is 1. The molecule has 0 fully saturated rings. The Bertz CT molecular complexity index is 798. The highest BCUT2D eigenvalue weighted by Gasteiger charge is 2.16. The van der Waals surface area contributed by atoms with Gasteiger partial charge in [0.05, 0.1) is 29.4 Å². The van der Waals surface area contributed by atoms with E-state index in [1.165, 1.54) is 0 Å². The predicted molar refractivity (Wildman–Crippen MR) is 89.6 cm³/mol. The van der Waals surface area contributed by atoms with Gasteiger partial charge in [-0.25, -0.2) is 14.6 Å². The highest BCUT2D eigenvalue weighted by Crippen LogP contribution is 2.27. The number of nitrogens with zero attached hydrogens (tertiary/aromatic N) is 4. The molecular formula is C17H19N5O. The zero-order valence-electron chi connectivity index (χ0n) is 13.2. The van der Waals surface area contributed by atoms with Crippen molar-refractivity contribution in [2.24, 2.45) is 0 Å². The number of hydrogen-bond donors (Lipinski definition) is 2. The number of aromatic nitrogens is 4. The minimum Gasteiger partial charge on any atom is -0.395 e. The predicted octanol–water partition coefficient (Wildman–Crippen LogP) is 2.35. The van der Waals surface area contributed by atoms with E-state index in [0.29, 0.717) is 12.5 Å². The van der Waals surface area contributed by atoms with Crippen LogP contribution >= 0.6 is 0 Å². The molecule has 23 heavy (non-hydrogen) atoms. The van der Waals surface area contributed by atoms with Crippen LogP contribution in [0.15, 0.2) is 42.6 Å². The molecule has 0 bridgehead atoms. The van der Waals surface area contributed by atoms with Crippen LogP contribution in [0.1, 0.15) is 11.4 Å². The van der Waals surface area contributed by atoms with E-state index < -0.39 is 0 Å². The standard InChI is InChI=1S/C17H19N5O/c1-12-16(15-8-9-18-17(20-15)19-10-11-23)13(2)22(21-12)14-6-4-3-5-7-14/h3-9,23H,10-11H2,1-2H3,(H,18,19,20). The molecule has 0 spiro atoms. The number of para-hydroxylation sites is 1. The first-order chi connectivity index (χ1) is 11.2. The Labute approximate surface area is 134 Å². The number of aliphatic hydroxyl groups is 1. The Hall–Kier alpha value is -2.73. The topological polar surface area (TPSA) is 75.9 Å². The average Bonchev–Trinajstić information content (AvgIpc) is 2.88. The maximum atomic E-state index is 8.90. The highest BCUT2D eigenvalue weighted by molar-refractivity contribution is 5.66. The van der Waals surface area contributed by atoms with E-state index in [2.05, 4.69) is 20.4 Å². The highest BCUT2D eigenvalue weighted by atomic mass is 16.3. The van der Waals surface area contributed by atoms with Crippen molar-refractivity contribution < 1.29 is 5.11 Å². The van der Waals surface area contributed by atoms with Gasteiger partial charge in [-0.15, -0.1) is 0 Å². The number of nitrogens with one attached hydrogen (secondary N) is 1. The molecule has 1 aromatic carbocycles. The van der Waals surface area contributed by atoms with Crippen LogP contribution in [0.5, 0.6) is 0 Å². The fraction of sp³-hybridized carbons (Fsp3) is 0.235. The Morgan fingerprint density at radius 2 is 1.91 bits per heavy atom. The monoisotopic (exact) mass is 309 g/mol.